The zero-order chi connectivity index (χ0) is 23.7. The molecule has 9 heteroatoms. The summed E-state index contributed by atoms with van der Waals surface area (Å²) in [6.45, 7) is 6.22. The van der Waals surface area contributed by atoms with Gasteiger partial charge in [-0.3, -0.25) is 4.57 Å². The number of hydrogen-bond donors (Lipinski definition) is 1. The van der Waals surface area contributed by atoms with Gasteiger partial charge in [0.1, 0.15) is 10.0 Å². The second kappa shape index (κ2) is 9.85. The van der Waals surface area contributed by atoms with Crippen molar-refractivity contribution in [2.45, 2.75) is 19.6 Å². The number of benzene rings is 3. The van der Waals surface area contributed by atoms with Crippen LogP contribution in [0, 0.1) is 0 Å². The molecule has 3 rings (SSSR count). The second-order valence-corrected chi connectivity index (χ2v) is 17.4. The first-order valence-corrected chi connectivity index (χ1v) is 16.3. The van der Waals surface area contributed by atoms with E-state index in [0.29, 0.717) is 10.2 Å². The van der Waals surface area contributed by atoms with Gasteiger partial charge in [-0.15, -0.1) is 0 Å². The molecule has 3 nitrogen and oxygen atoms in total. The van der Waals surface area contributed by atoms with Gasteiger partial charge in [-0.2, -0.15) is 0 Å². The van der Waals surface area contributed by atoms with Crippen molar-refractivity contribution in [3.05, 3.63) is 91.3 Å². The van der Waals surface area contributed by atoms with Crippen molar-refractivity contribution in [2.24, 2.45) is 0 Å². The molecule has 1 atom stereocenters. The molecule has 0 amide bonds. The van der Waals surface area contributed by atoms with Gasteiger partial charge in [-0.05, 0) is 23.8 Å². The van der Waals surface area contributed by atoms with E-state index >= 15 is 0 Å². The highest BCUT2D eigenvalue weighted by Gasteiger charge is 2.41. The first-order valence-electron chi connectivity index (χ1n) is 9.64. The number of phenols is 1. The zero-order valence-corrected chi connectivity index (χ0v) is 22.5. The lowest BCUT2D eigenvalue weighted by Crippen LogP contribution is -2.28. The normalized spacial score (nSPS) is 14.2. The minimum Gasteiger partial charge on any atom is -0.503 e. The molecule has 0 spiro atoms. The van der Waals surface area contributed by atoms with Crippen LogP contribution in [0.25, 0.3) is 6.08 Å². The Morgan fingerprint density at radius 3 is 1.88 bits per heavy atom. The third kappa shape index (κ3) is 5.07. The van der Waals surface area contributed by atoms with E-state index in [2.05, 4.69) is 19.6 Å². The molecule has 0 saturated heterocycles. The summed E-state index contributed by atoms with van der Waals surface area (Å²) in [4.78, 5) is 0.653. The maximum atomic E-state index is 14.8. The minimum absolute atomic E-state index is 0.0904. The Morgan fingerprint density at radius 1 is 0.844 bits per heavy atom. The lowest BCUT2D eigenvalue weighted by molar-refractivity contribution is 0.434. The van der Waals surface area contributed by atoms with Crippen molar-refractivity contribution in [3.8, 4) is 11.5 Å². The van der Waals surface area contributed by atoms with E-state index in [9.17, 15) is 9.67 Å². The summed E-state index contributed by atoms with van der Waals surface area (Å²) in [6.07, 6.45) is 1.89. The van der Waals surface area contributed by atoms with Gasteiger partial charge < -0.3 is 9.63 Å². The number of halogens is 4. The summed E-state index contributed by atoms with van der Waals surface area (Å²) in [6, 6.07) is 18.4. The van der Waals surface area contributed by atoms with Crippen LogP contribution in [-0.2, 0) is 4.57 Å². The van der Waals surface area contributed by atoms with Crippen LogP contribution in [0.5, 0.6) is 11.5 Å². The molecule has 32 heavy (non-hydrogen) atoms. The highest BCUT2D eigenvalue weighted by atomic mass is 35.5. The van der Waals surface area contributed by atoms with E-state index in [0.717, 1.165) is 5.56 Å². The maximum absolute atomic E-state index is 14.8. The molecule has 0 heterocycles. The summed E-state index contributed by atoms with van der Waals surface area (Å²) in [5.41, 5.74) is 0.882. The van der Waals surface area contributed by atoms with Gasteiger partial charge in [-0.1, -0.05) is 115 Å². The standard InChI is InChI=1S/C23H21Cl4O3PSi/c1-32(2,3)17(14-15-10-6-4-7-11-15)31(29,16-12-8-5-9-13-16)30-23-21(27)19(25)18(24)20(26)22(23)28/h4-14,28H,1-3H3/b17-14-. The van der Waals surface area contributed by atoms with Gasteiger partial charge in [0.2, 0.25) is 0 Å². The number of rotatable bonds is 6. The van der Waals surface area contributed by atoms with Crippen molar-refractivity contribution in [3.63, 3.8) is 0 Å². The average Bonchev–Trinajstić information content (AvgIpc) is 2.78. The Bertz CT molecular complexity index is 1180. The second-order valence-electron chi connectivity index (χ2n) is 8.10. The molecule has 168 valence electrons. The molecule has 0 saturated carbocycles. The average molecular weight is 546 g/mol. The Labute approximate surface area is 209 Å². The quantitative estimate of drug-likeness (QED) is 0.145. The van der Waals surface area contributed by atoms with Crippen molar-refractivity contribution in [1.82, 2.24) is 0 Å². The number of hydrogen-bond acceptors (Lipinski definition) is 3. The molecule has 0 aliphatic carbocycles. The molecule has 0 aliphatic heterocycles. The van der Waals surface area contributed by atoms with Crippen molar-refractivity contribution < 1.29 is 14.2 Å². The van der Waals surface area contributed by atoms with Crippen molar-refractivity contribution in [2.75, 3.05) is 0 Å². The fraction of sp³-hybridized carbons (Fsp3) is 0.130. The predicted octanol–water partition coefficient (Wildman–Crippen LogP) is 8.91. The van der Waals surface area contributed by atoms with E-state index in [-0.39, 0.29) is 25.8 Å². The van der Waals surface area contributed by atoms with Gasteiger partial charge >= 0.3 is 0 Å². The minimum atomic E-state index is -3.78. The van der Waals surface area contributed by atoms with E-state index in [4.69, 9.17) is 50.9 Å². The van der Waals surface area contributed by atoms with Crippen molar-refractivity contribution >= 4 is 73.2 Å². The van der Waals surface area contributed by atoms with Crippen LogP contribution in [-0.4, -0.2) is 13.2 Å². The lowest BCUT2D eigenvalue weighted by Gasteiger charge is -2.30. The lowest BCUT2D eigenvalue weighted by atomic mass is 10.2. The summed E-state index contributed by atoms with van der Waals surface area (Å²) < 4.78 is 20.9. The van der Waals surface area contributed by atoms with Gasteiger partial charge in [0.05, 0.1) is 23.4 Å². The summed E-state index contributed by atoms with van der Waals surface area (Å²) >= 11 is 24.7. The molecular weight excluding hydrogens is 525 g/mol. The molecule has 3 aromatic rings. The van der Waals surface area contributed by atoms with Gasteiger partial charge in [-0.25, -0.2) is 0 Å². The molecule has 0 bridgehead atoms. The van der Waals surface area contributed by atoms with E-state index < -0.39 is 21.2 Å². The SMILES string of the molecule is C[Si](C)(C)/C(=C\c1ccccc1)P(=O)(Oc1c(O)c(Cl)c(Cl)c(Cl)c1Cl)c1ccccc1. The highest BCUT2D eigenvalue weighted by molar-refractivity contribution is 7.75. The third-order valence-electron chi connectivity index (χ3n) is 4.70. The highest BCUT2D eigenvalue weighted by Crippen LogP contribution is 2.61. The van der Waals surface area contributed by atoms with Crippen LogP contribution < -0.4 is 9.83 Å². The molecule has 0 aliphatic rings. The first-order chi connectivity index (χ1) is 15.0. The molecule has 3 aromatic carbocycles. The maximum Gasteiger partial charge on any atom is 0.299 e. The van der Waals surface area contributed by atoms with Crippen LogP contribution in [0.1, 0.15) is 5.56 Å². The monoisotopic (exact) mass is 544 g/mol. The van der Waals surface area contributed by atoms with Crippen LogP contribution in [0.15, 0.2) is 65.6 Å². The third-order valence-corrected chi connectivity index (χ3v) is 13.2. The summed E-state index contributed by atoms with van der Waals surface area (Å²) in [5, 5.41) is 10.5. The van der Waals surface area contributed by atoms with Crippen molar-refractivity contribution in [1.29, 1.82) is 0 Å². The zero-order valence-electron chi connectivity index (χ0n) is 17.6. The summed E-state index contributed by atoms with van der Waals surface area (Å²) in [5.74, 6) is -0.785. The number of aromatic hydroxyl groups is 1. The molecule has 1 N–H and O–H groups in total. The topological polar surface area (TPSA) is 46.5 Å². The largest absolute Gasteiger partial charge is 0.503 e. The van der Waals surface area contributed by atoms with Crippen LogP contribution >= 0.6 is 53.8 Å². The van der Waals surface area contributed by atoms with Gasteiger partial charge in [0, 0.05) is 4.94 Å². The Hall–Kier alpha value is -1.39. The molecular formula is C23H21Cl4O3PSi. The number of phenolic OH excluding ortho intramolecular Hbond substituents is 1. The first kappa shape index (κ1) is 25.2. The fourth-order valence-electron chi connectivity index (χ4n) is 3.13. The van der Waals surface area contributed by atoms with Crippen LogP contribution in [0.3, 0.4) is 0 Å². The van der Waals surface area contributed by atoms with Gasteiger partial charge in [0.15, 0.2) is 11.5 Å². The van der Waals surface area contributed by atoms with Crippen LogP contribution in [0.4, 0.5) is 0 Å². The Balaban J connectivity index is 2.32. The fourth-order valence-corrected chi connectivity index (χ4v) is 10.5. The van der Waals surface area contributed by atoms with E-state index in [1.807, 2.05) is 42.5 Å². The van der Waals surface area contributed by atoms with Gasteiger partial charge in [0.25, 0.3) is 7.37 Å². The molecule has 0 fully saturated rings. The summed E-state index contributed by atoms with van der Waals surface area (Å²) in [7, 11) is -6.04. The molecule has 0 aromatic heterocycles. The Kier molecular flexibility index (Phi) is 7.76. The van der Waals surface area contributed by atoms with E-state index in [1.165, 1.54) is 0 Å². The smallest absolute Gasteiger partial charge is 0.299 e. The molecule has 0 radical (unpaired) electrons. The van der Waals surface area contributed by atoms with E-state index in [1.54, 1.807) is 24.3 Å². The van der Waals surface area contributed by atoms with Crippen LogP contribution in [0.2, 0.25) is 39.7 Å². The molecule has 1 unspecified atom stereocenters. The Morgan fingerprint density at radius 2 is 1.34 bits per heavy atom. The predicted molar refractivity (Wildman–Crippen MR) is 140 cm³/mol.